The zero-order valence-corrected chi connectivity index (χ0v) is 12.5. The first kappa shape index (κ1) is 13.5. The second-order valence-electron chi connectivity index (χ2n) is 5.25. The molecule has 5 heteroatoms. The quantitative estimate of drug-likeness (QED) is 0.796. The highest BCUT2D eigenvalue weighted by molar-refractivity contribution is 5.77. The van der Waals surface area contributed by atoms with Crippen LogP contribution in [0.3, 0.4) is 0 Å². The Bertz CT molecular complexity index is 760. The summed E-state index contributed by atoms with van der Waals surface area (Å²) in [4.78, 5) is 13.3. The Balaban J connectivity index is 2.24. The monoisotopic (exact) mass is 281 g/mol. The van der Waals surface area contributed by atoms with Gasteiger partial charge < -0.3 is 5.32 Å². The molecule has 0 spiro atoms. The van der Waals surface area contributed by atoms with E-state index in [0.29, 0.717) is 5.92 Å². The van der Waals surface area contributed by atoms with Crippen molar-refractivity contribution in [2.24, 2.45) is 0 Å². The Morgan fingerprint density at radius 1 is 1.14 bits per heavy atom. The Morgan fingerprint density at radius 3 is 2.71 bits per heavy atom. The van der Waals surface area contributed by atoms with Gasteiger partial charge in [-0.15, -0.1) is 0 Å². The third kappa shape index (κ3) is 2.35. The molecule has 0 atom stereocenters. The SMILES string of the molecule is CCNc1ncnc(-n2cnc3ccccc32)c1C(C)C. The summed E-state index contributed by atoms with van der Waals surface area (Å²) >= 11 is 0. The summed E-state index contributed by atoms with van der Waals surface area (Å²) in [5, 5.41) is 3.32. The molecule has 2 aromatic heterocycles. The summed E-state index contributed by atoms with van der Waals surface area (Å²) in [6.45, 7) is 7.21. The molecular formula is C16H19N5. The van der Waals surface area contributed by atoms with Crippen molar-refractivity contribution in [2.45, 2.75) is 26.7 Å². The predicted molar refractivity (Wildman–Crippen MR) is 84.9 cm³/mol. The van der Waals surface area contributed by atoms with Crippen LogP contribution in [-0.4, -0.2) is 26.1 Å². The van der Waals surface area contributed by atoms with E-state index in [1.807, 2.05) is 29.1 Å². The normalized spacial score (nSPS) is 11.2. The molecule has 0 aliphatic carbocycles. The lowest BCUT2D eigenvalue weighted by Crippen LogP contribution is -2.10. The maximum Gasteiger partial charge on any atom is 0.147 e. The fourth-order valence-electron chi connectivity index (χ4n) is 2.55. The highest BCUT2D eigenvalue weighted by Crippen LogP contribution is 2.29. The van der Waals surface area contributed by atoms with Gasteiger partial charge in [-0.2, -0.15) is 0 Å². The minimum Gasteiger partial charge on any atom is -0.370 e. The summed E-state index contributed by atoms with van der Waals surface area (Å²) in [6.07, 6.45) is 3.43. The van der Waals surface area contributed by atoms with Gasteiger partial charge in [0.25, 0.3) is 0 Å². The maximum atomic E-state index is 4.51. The van der Waals surface area contributed by atoms with Crippen LogP contribution in [0.25, 0.3) is 16.9 Å². The number of para-hydroxylation sites is 2. The van der Waals surface area contributed by atoms with Crippen molar-refractivity contribution in [1.29, 1.82) is 0 Å². The van der Waals surface area contributed by atoms with Crippen molar-refractivity contribution < 1.29 is 0 Å². The van der Waals surface area contributed by atoms with Crippen LogP contribution in [-0.2, 0) is 0 Å². The molecule has 0 unspecified atom stereocenters. The van der Waals surface area contributed by atoms with Gasteiger partial charge in [-0.1, -0.05) is 26.0 Å². The molecule has 2 heterocycles. The number of anilines is 1. The molecule has 1 N–H and O–H groups in total. The molecule has 0 aliphatic rings. The van der Waals surface area contributed by atoms with E-state index in [1.165, 1.54) is 0 Å². The largest absolute Gasteiger partial charge is 0.370 e. The van der Waals surface area contributed by atoms with Gasteiger partial charge in [0.2, 0.25) is 0 Å². The van der Waals surface area contributed by atoms with Crippen LogP contribution in [0.2, 0.25) is 0 Å². The summed E-state index contributed by atoms with van der Waals surface area (Å²) < 4.78 is 2.03. The minimum atomic E-state index is 0.316. The number of nitrogens with zero attached hydrogens (tertiary/aromatic N) is 4. The molecule has 0 amide bonds. The van der Waals surface area contributed by atoms with Gasteiger partial charge in [-0.3, -0.25) is 4.57 Å². The number of aromatic nitrogens is 4. The van der Waals surface area contributed by atoms with Crippen molar-refractivity contribution in [3.63, 3.8) is 0 Å². The van der Waals surface area contributed by atoms with Crippen LogP contribution in [0.15, 0.2) is 36.9 Å². The van der Waals surface area contributed by atoms with Crippen LogP contribution >= 0.6 is 0 Å². The zero-order valence-electron chi connectivity index (χ0n) is 12.5. The van der Waals surface area contributed by atoms with Crippen LogP contribution in [0.4, 0.5) is 5.82 Å². The average Bonchev–Trinajstić information content (AvgIpc) is 2.91. The molecule has 3 aromatic rings. The molecule has 21 heavy (non-hydrogen) atoms. The second kappa shape index (κ2) is 5.52. The molecule has 0 fully saturated rings. The number of benzene rings is 1. The van der Waals surface area contributed by atoms with E-state index in [9.17, 15) is 0 Å². The van der Waals surface area contributed by atoms with Gasteiger partial charge >= 0.3 is 0 Å². The lowest BCUT2D eigenvalue weighted by Gasteiger charge is -2.17. The molecule has 1 aromatic carbocycles. The molecule has 0 aliphatic heterocycles. The summed E-state index contributed by atoms with van der Waals surface area (Å²) in [6, 6.07) is 8.07. The van der Waals surface area contributed by atoms with E-state index in [0.717, 1.165) is 34.8 Å². The molecule has 0 saturated carbocycles. The average molecular weight is 281 g/mol. The second-order valence-corrected chi connectivity index (χ2v) is 5.25. The molecule has 3 rings (SSSR count). The van der Waals surface area contributed by atoms with E-state index < -0.39 is 0 Å². The summed E-state index contributed by atoms with van der Waals surface area (Å²) in [5.74, 6) is 2.11. The van der Waals surface area contributed by atoms with E-state index in [-0.39, 0.29) is 0 Å². The van der Waals surface area contributed by atoms with Crippen LogP contribution in [0, 0.1) is 0 Å². The fraction of sp³-hybridized carbons (Fsp3) is 0.312. The van der Waals surface area contributed by atoms with Crippen molar-refractivity contribution in [3.05, 3.63) is 42.5 Å². The van der Waals surface area contributed by atoms with Crippen molar-refractivity contribution in [3.8, 4) is 5.82 Å². The lowest BCUT2D eigenvalue weighted by molar-refractivity contribution is 0.820. The summed E-state index contributed by atoms with van der Waals surface area (Å²) in [5.41, 5.74) is 3.14. The topological polar surface area (TPSA) is 55.6 Å². The summed E-state index contributed by atoms with van der Waals surface area (Å²) in [7, 11) is 0. The van der Waals surface area contributed by atoms with Crippen molar-refractivity contribution >= 4 is 16.9 Å². The predicted octanol–water partition coefficient (Wildman–Crippen LogP) is 3.37. The van der Waals surface area contributed by atoms with Gasteiger partial charge in [0.1, 0.15) is 24.3 Å². The Morgan fingerprint density at radius 2 is 1.95 bits per heavy atom. The Labute approximate surface area is 124 Å². The van der Waals surface area contributed by atoms with E-state index in [1.54, 1.807) is 6.33 Å². The van der Waals surface area contributed by atoms with Gasteiger partial charge in [-0.05, 0) is 25.0 Å². The smallest absolute Gasteiger partial charge is 0.147 e. The molecule has 0 saturated heterocycles. The maximum absolute atomic E-state index is 4.51. The van der Waals surface area contributed by atoms with E-state index in [2.05, 4.69) is 47.1 Å². The molecule has 0 radical (unpaired) electrons. The number of hydrogen-bond acceptors (Lipinski definition) is 4. The van der Waals surface area contributed by atoms with E-state index >= 15 is 0 Å². The zero-order chi connectivity index (χ0) is 14.8. The number of hydrogen-bond donors (Lipinski definition) is 1. The Hall–Kier alpha value is -2.43. The third-order valence-corrected chi connectivity index (χ3v) is 3.47. The van der Waals surface area contributed by atoms with Gasteiger partial charge in [0.15, 0.2) is 0 Å². The first-order valence-corrected chi connectivity index (χ1v) is 7.23. The van der Waals surface area contributed by atoms with Crippen molar-refractivity contribution in [1.82, 2.24) is 19.5 Å². The number of rotatable bonds is 4. The van der Waals surface area contributed by atoms with E-state index in [4.69, 9.17) is 0 Å². The third-order valence-electron chi connectivity index (χ3n) is 3.47. The fourth-order valence-corrected chi connectivity index (χ4v) is 2.55. The molecule has 0 bridgehead atoms. The van der Waals surface area contributed by atoms with Crippen LogP contribution in [0.1, 0.15) is 32.3 Å². The first-order chi connectivity index (χ1) is 10.2. The first-order valence-electron chi connectivity index (χ1n) is 7.23. The highest BCUT2D eigenvalue weighted by atomic mass is 15.1. The molecule has 5 nitrogen and oxygen atoms in total. The number of nitrogens with one attached hydrogen (secondary N) is 1. The lowest BCUT2D eigenvalue weighted by atomic mass is 10.0. The minimum absolute atomic E-state index is 0.316. The standard InChI is InChI=1S/C16H19N5/c1-4-17-15-14(11(2)3)16(19-9-18-15)21-10-20-12-7-5-6-8-13(12)21/h5-11H,4H2,1-3H3,(H,17,18,19). The van der Waals surface area contributed by atoms with Crippen LogP contribution in [0.5, 0.6) is 0 Å². The van der Waals surface area contributed by atoms with Gasteiger partial charge in [0, 0.05) is 12.1 Å². The van der Waals surface area contributed by atoms with Crippen LogP contribution < -0.4 is 5.32 Å². The van der Waals surface area contributed by atoms with Gasteiger partial charge in [-0.25, -0.2) is 15.0 Å². The number of fused-ring (bicyclic) bond motifs is 1. The molecular weight excluding hydrogens is 262 g/mol. The Kier molecular flexibility index (Phi) is 3.56. The highest BCUT2D eigenvalue weighted by Gasteiger charge is 2.17. The van der Waals surface area contributed by atoms with Crippen molar-refractivity contribution in [2.75, 3.05) is 11.9 Å². The molecule has 108 valence electrons. The van der Waals surface area contributed by atoms with Gasteiger partial charge in [0.05, 0.1) is 11.0 Å². The number of imidazole rings is 1.